The Hall–Kier alpha value is -1.20. The van der Waals surface area contributed by atoms with Gasteiger partial charge in [0.15, 0.2) is 0 Å². The van der Waals surface area contributed by atoms with Crippen molar-refractivity contribution in [3.63, 3.8) is 0 Å². The number of halogens is 1. The number of nitrogens with two attached hydrogens (primary N) is 1. The zero-order valence-electron chi connectivity index (χ0n) is 8.99. The SMILES string of the molecule is CC(C)(N)C1=CS(=O)(=O)c2ccc(F)cc21. The van der Waals surface area contributed by atoms with E-state index >= 15 is 0 Å². The lowest BCUT2D eigenvalue weighted by Gasteiger charge is -2.20. The maximum Gasteiger partial charge on any atom is 0.200 e. The average molecular weight is 241 g/mol. The van der Waals surface area contributed by atoms with Gasteiger partial charge in [-0.25, -0.2) is 12.8 Å². The first-order valence-electron chi connectivity index (χ1n) is 4.78. The molecule has 0 radical (unpaired) electrons. The fourth-order valence-electron chi connectivity index (χ4n) is 1.74. The first-order chi connectivity index (χ1) is 7.22. The predicted molar refractivity (Wildman–Crippen MR) is 59.8 cm³/mol. The molecule has 2 N–H and O–H groups in total. The molecule has 0 atom stereocenters. The minimum Gasteiger partial charge on any atom is -0.322 e. The lowest BCUT2D eigenvalue weighted by molar-refractivity contribution is 0.604. The lowest BCUT2D eigenvalue weighted by Crippen LogP contribution is -2.32. The van der Waals surface area contributed by atoms with Crippen molar-refractivity contribution >= 4 is 15.4 Å². The molecule has 1 aliphatic heterocycles. The monoisotopic (exact) mass is 241 g/mol. The van der Waals surface area contributed by atoms with E-state index in [1.165, 1.54) is 12.1 Å². The Balaban J connectivity index is 2.77. The van der Waals surface area contributed by atoms with Gasteiger partial charge in [0.05, 0.1) is 4.90 Å². The molecule has 0 spiro atoms. The van der Waals surface area contributed by atoms with Crippen molar-refractivity contribution in [2.75, 3.05) is 0 Å². The molecule has 1 heterocycles. The van der Waals surface area contributed by atoms with Gasteiger partial charge in [0, 0.05) is 16.5 Å². The average Bonchev–Trinajstić information content (AvgIpc) is 2.37. The van der Waals surface area contributed by atoms with Gasteiger partial charge in [-0.15, -0.1) is 0 Å². The van der Waals surface area contributed by atoms with Crippen molar-refractivity contribution in [2.45, 2.75) is 24.3 Å². The van der Waals surface area contributed by atoms with Gasteiger partial charge < -0.3 is 5.73 Å². The summed E-state index contributed by atoms with van der Waals surface area (Å²) in [6.45, 7) is 3.38. The van der Waals surface area contributed by atoms with Gasteiger partial charge >= 0.3 is 0 Å². The summed E-state index contributed by atoms with van der Waals surface area (Å²) in [5.41, 5.74) is 5.87. The van der Waals surface area contributed by atoms with E-state index in [4.69, 9.17) is 5.73 Å². The van der Waals surface area contributed by atoms with Crippen molar-refractivity contribution in [1.82, 2.24) is 0 Å². The summed E-state index contributed by atoms with van der Waals surface area (Å²) in [5.74, 6) is -0.467. The fraction of sp³-hybridized carbons (Fsp3) is 0.273. The topological polar surface area (TPSA) is 60.2 Å². The summed E-state index contributed by atoms with van der Waals surface area (Å²) in [4.78, 5) is 0.127. The van der Waals surface area contributed by atoms with Crippen molar-refractivity contribution in [1.29, 1.82) is 0 Å². The van der Waals surface area contributed by atoms with Crippen LogP contribution in [0.2, 0.25) is 0 Å². The van der Waals surface area contributed by atoms with E-state index in [0.717, 1.165) is 11.5 Å². The first-order valence-corrected chi connectivity index (χ1v) is 6.32. The predicted octanol–water partition coefficient (Wildman–Crippen LogP) is 1.69. The smallest absolute Gasteiger partial charge is 0.200 e. The van der Waals surface area contributed by atoms with Crippen LogP contribution in [-0.2, 0) is 9.84 Å². The van der Waals surface area contributed by atoms with Crippen LogP contribution in [0.15, 0.2) is 28.5 Å². The Morgan fingerprint density at radius 3 is 2.50 bits per heavy atom. The Bertz CT molecular complexity index is 582. The highest BCUT2D eigenvalue weighted by atomic mass is 32.2. The summed E-state index contributed by atoms with van der Waals surface area (Å²) in [5, 5.41) is 1.12. The molecule has 2 rings (SSSR count). The maximum atomic E-state index is 13.1. The van der Waals surface area contributed by atoms with Gasteiger partial charge in [-0.1, -0.05) is 0 Å². The molecule has 16 heavy (non-hydrogen) atoms. The molecule has 0 bridgehead atoms. The number of fused-ring (bicyclic) bond motifs is 1. The van der Waals surface area contributed by atoms with Crippen molar-refractivity contribution in [3.05, 3.63) is 35.0 Å². The van der Waals surface area contributed by atoms with Crippen LogP contribution in [0.1, 0.15) is 19.4 Å². The summed E-state index contributed by atoms with van der Waals surface area (Å²) in [7, 11) is -3.46. The summed E-state index contributed by atoms with van der Waals surface area (Å²) in [6, 6.07) is 3.62. The van der Waals surface area contributed by atoms with Gasteiger partial charge in [-0.2, -0.15) is 0 Å². The largest absolute Gasteiger partial charge is 0.322 e. The molecule has 3 nitrogen and oxygen atoms in total. The Morgan fingerprint density at radius 2 is 1.94 bits per heavy atom. The summed E-state index contributed by atoms with van der Waals surface area (Å²) < 4.78 is 36.6. The molecule has 1 aliphatic rings. The van der Waals surface area contributed by atoms with Crippen LogP contribution >= 0.6 is 0 Å². The second-order valence-corrected chi connectivity index (χ2v) is 6.20. The number of rotatable bonds is 1. The Labute approximate surface area is 93.7 Å². The van der Waals surface area contributed by atoms with Crippen LogP contribution in [0.5, 0.6) is 0 Å². The number of hydrogen-bond acceptors (Lipinski definition) is 3. The van der Waals surface area contributed by atoms with Crippen LogP contribution in [0.3, 0.4) is 0 Å². The van der Waals surface area contributed by atoms with E-state index in [1.807, 2.05) is 0 Å². The molecule has 1 aromatic rings. The van der Waals surface area contributed by atoms with Gasteiger partial charge in [0.25, 0.3) is 0 Å². The van der Waals surface area contributed by atoms with E-state index in [-0.39, 0.29) is 4.90 Å². The molecule has 0 unspecified atom stereocenters. The maximum absolute atomic E-state index is 13.1. The van der Waals surface area contributed by atoms with Crippen LogP contribution in [0.25, 0.3) is 5.57 Å². The second kappa shape index (κ2) is 3.15. The first kappa shape index (κ1) is 11.3. The minimum absolute atomic E-state index is 0.127. The number of hydrogen-bond donors (Lipinski definition) is 1. The van der Waals surface area contributed by atoms with E-state index in [1.54, 1.807) is 13.8 Å². The molecular formula is C11H12FNO2S. The Kier molecular flexibility index (Phi) is 2.22. The molecule has 1 aromatic carbocycles. The third kappa shape index (κ3) is 1.66. The van der Waals surface area contributed by atoms with E-state index in [0.29, 0.717) is 11.1 Å². The second-order valence-electron chi connectivity index (χ2n) is 4.44. The molecule has 0 aromatic heterocycles. The van der Waals surface area contributed by atoms with E-state index < -0.39 is 21.2 Å². The van der Waals surface area contributed by atoms with Gasteiger partial charge in [-0.05, 0) is 37.6 Å². The molecule has 0 saturated heterocycles. The van der Waals surface area contributed by atoms with Gasteiger partial charge in [-0.3, -0.25) is 0 Å². The fourth-order valence-corrected chi connectivity index (χ4v) is 3.34. The highest BCUT2D eigenvalue weighted by molar-refractivity contribution is 7.95. The van der Waals surface area contributed by atoms with Crippen molar-refractivity contribution in [3.8, 4) is 0 Å². The molecule has 0 saturated carbocycles. The molecule has 0 fully saturated rings. The highest BCUT2D eigenvalue weighted by Gasteiger charge is 2.33. The third-order valence-corrected chi connectivity index (χ3v) is 4.02. The third-order valence-electron chi connectivity index (χ3n) is 2.51. The van der Waals surface area contributed by atoms with Gasteiger partial charge in [0.2, 0.25) is 9.84 Å². The lowest BCUT2D eigenvalue weighted by atomic mass is 9.91. The van der Waals surface area contributed by atoms with Crippen LogP contribution in [0.4, 0.5) is 4.39 Å². The zero-order valence-corrected chi connectivity index (χ0v) is 9.81. The minimum atomic E-state index is -3.46. The molecular weight excluding hydrogens is 229 g/mol. The van der Waals surface area contributed by atoms with E-state index in [2.05, 4.69) is 0 Å². The molecule has 0 amide bonds. The van der Waals surface area contributed by atoms with Crippen LogP contribution in [-0.4, -0.2) is 14.0 Å². The molecule has 5 heteroatoms. The quantitative estimate of drug-likeness (QED) is 0.761. The zero-order chi connectivity index (χ0) is 12.1. The normalized spacial score (nSPS) is 18.1. The van der Waals surface area contributed by atoms with Crippen LogP contribution in [0, 0.1) is 5.82 Å². The standard InChI is InChI=1S/C11H12FNO2S/c1-11(2,13)9-6-16(14,15)10-4-3-7(12)5-8(9)10/h3-6H,13H2,1-2H3. The summed E-state index contributed by atoms with van der Waals surface area (Å²) in [6.07, 6.45) is 0. The van der Waals surface area contributed by atoms with Crippen LogP contribution < -0.4 is 5.73 Å². The Morgan fingerprint density at radius 1 is 1.31 bits per heavy atom. The molecule has 0 aliphatic carbocycles. The highest BCUT2D eigenvalue weighted by Crippen LogP contribution is 2.38. The van der Waals surface area contributed by atoms with Gasteiger partial charge in [0.1, 0.15) is 5.82 Å². The molecule has 86 valence electrons. The summed E-state index contributed by atoms with van der Waals surface area (Å²) >= 11 is 0. The number of sulfone groups is 1. The van der Waals surface area contributed by atoms with E-state index in [9.17, 15) is 12.8 Å². The van der Waals surface area contributed by atoms with Crippen molar-refractivity contribution in [2.24, 2.45) is 5.73 Å². The number of benzene rings is 1. The van der Waals surface area contributed by atoms with Crippen molar-refractivity contribution < 1.29 is 12.8 Å².